The molecule has 0 saturated carbocycles. The maximum Gasteiger partial charge on any atom is 0.269 e. The topological polar surface area (TPSA) is 111 Å². The number of amides is 1. The fourth-order valence-corrected chi connectivity index (χ4v) is 3.34. The van der Waals surface area contributed by atoms with Gasteiger partial charge in [-0.15, -0.1) is 12.4 Å². The third-order valence-corrected chi connectivity index (χ3v) is 4.82. The Labute approximate surface area is 172 Å². The molecule has 0 aliphatic carbocycles. The lowest BCUT2D eigenvalue weighted by molar-refractivity contribution is -0.384. The van der Waals surface area contributed by atoms with Gasteiger partial charge in [0.1, 0.15) is 11.9 Å². The number of carbonyl (C=O) groups is 1. The third kappa shape index (κ3) is 3.98. The van der Waals surface area contributed by atoms with Crippen molar-refractivity contribution in [3.63, 3.8) is 0 Å². The van der Waals surface area contributed by atoms with Crippen LogP contribution in [0.3, 0.4) is 0 Å². The van der Waals surface area contributed by atoms with Crippen molar-refractivity contribution in [1.82, 2.24) is 29.5 Å². The number of non-ortho nitro benzene ring substituents is 1. The van der Waals surface area contributed by atoms with Crippen LogP contribution in [0.15, 0.2) is 49.1 Å². The second kappa shape index (κ2) is 8.41. The highest BCUT2D eigenvalue weighted by molar-refractivity contribution is 5.94. The van der Waals surface area contributed by atoms with Gasteiger partial charge in [0, 0.05) is 57.4 Å². The number of hydrogen-bond donors (Lipinski definition) is 1. The number of nitro benzene ring substituents is 1. The summed E-state index contributed by atoms with van der Waals surface area (Å²) < 4.78 is 3.45. The first-order valence-corrected chi connectivity index (χ1v) is 8.83. The molecular formula is C18H20ClN7O3. The summed E-state index contributed by atoms with van der Waals surface area (Å²) in [6, 6.07) is 5.85. The highest BCUT2D eigenvalue weighted by atomic mass is 35.5. The van der Waals surface area contributed by atoms with Gasteiger partial charge in [0.05, 0.1) is 22.4 Å². The summed E-state index contributed by atoms with van der Waals surface area (Å²) in [6.07, 6.45) is 6.74. The zero-order valence-corrected chi connectivity index (χ0v) is 16.5. The van der Waals surface area contributed by atoms with Crippen molar-refractivity contribution >= 4 is 24.0 Å². The molecule has 3 aromatic rings. The van der Waals surface area contributed by atoms with Crippen molar-refractivity contribution in [2.24, 2.45) is 7.05 Å². The van der Waals surface area contributed by atoms with Gasteiger partial charge in [0.15, 0.2) is 0 Å². The molecule has 1 fully saturated rings. The van der Waals surface area contributed by atoms with Gasteiger partial charge in [0.2, 0.25) is 0 Å². The summed E-state index contributed by atoms with van der Waals surface area (Å²) in [5.41, 5.74) is 1.11. The fraction of sp³-hybridized carbons (Fsp3) is 0.278. The summed E-state index contributed by atoms with van der Waals surface area (Å²) in [5.74, 6) is 0.700. The first-order chi connectivity index (χ1) is 13.5. The van der Waals surface area contributed by atoms with Crippen LogP contribution in [0.4, 0.5) is 5.69 Å². The lowest BCUT2D eigenvalue weighted by Gasteiger charge is -2.35. The molecule has 152 valence electrons. The average Bonchev–Trinajstić information content (AvgIpc) is 3.37. The van der Waals surface area contributed by atoms with Gasteiger partial charge in [-0.1, -0.05) is 0 Å². The Bertz CT molecular complexity index is 1010. The Kier molecular flexibility index (Phi) is 5.95. The number of carbonyl (C=O) groups excluding carboxylic acids is 1. The smallest absolute Gasteiger partial charge is 0.269 e. The van der Waals surface area contributed by atoms with Crippen LogP contribution in [0, 0.1) is 10.1 Å². The SMILES string of the molecule is Cl.Cn1ccnc1C1CNCCN1C(=O)c1cnn(-c2ccc([N+](=O)[O-])cc2)c1. The van der Waals surface area contributed by atoms with Crippen LogP contribution in [-0.4, -0.2) is 54.7 Å². The number of piperazine rings is 1. The number of imidazole rings is 1. The molecule has 0 radical (unpaired) electrons. The molecule has 1 saturated heterocycles. The van der Waals surface area contributed by atoms with Crippen LogP contribution in [0.25, 0.3) is 5.69 Å². The Morgan fingerprint density at radius 3 is 2.72 bits per heavy atom. The third-order valence-electron chi connectivity index (χ3n) is 4.82. The Morgan fingerprint density at radius 2 is 2.07 bits per heavy atom. The number of nitro groups is 1. The Hall–Kier alpha value is -3.24. The molecule has 0 spiro atoms. The number of aromatic nitrogens is 4. The highest BCUT2D eigenvalue weighted by Gasteiger charge is 2.31. The van der Waals surface area contributed by atoms with Crippen molar-refractivity contribution in [2.75, 3.05) is 19.6 Å². The number of benzene rings is 1. The lowest BCUT2D eigenvalue weighted by Crippen LogP contribution is -2.49. The number of aryl methyl sites for hydroxylation is 1. The summed E-state index contributed by atoms with van der Waals surface area (Å²) in [6.45, 7) is 1.91. The van der Waals surface area contributed by atoms with E-state index in [1.54, 1.807) is 29.4 Å². The minimum absolute atomic E-state index is 0. The molecule has 1 atom stereocenters. The predicted octanol–water partition coefficient (Wildman–Crippen LogP) is 1.72. The highest BCUT2D eigenvalue weighted by Crippen LogP contribution is 2.23. The van der Waals surface area contributed by atoms with Crippen molar-refractivity contribution < 1.29 is 9.72 Å². The van der Waals surface area contributed by atoms with Crippen LogP contribution >= 0.6 is 12.4 Å². The van der Waals surface area contributed by atoms with Crippen molar-refractivity contribution in [2.45, 2.75) is 6.04 Å². The van der Waals surface area contributed by atoms with E-state index in [0.717, 1.165) is 5.82 Å². The van der Waals surface area contributed by atoms with E-state index in [-0.39, 0.29) is 30.0 Å². The normalized spacial score (nSPS) is 16.3. The number of nitrogens with zero attached hydrogens (tertiary/aromatic N) is 6. The quantitative estimate of drug-likeness (QED) is 0.511. The first-order valence-electron chi connectivity index (χ1n) is 8.83. The monoisotopic (exact) mass is 417 g/mol. The largest absolute Gasteiger partial charge is 0.336 e. The van der Waals surface area contributed by atoms with Gasteiger partial charge in [-0.2, -0.15) is 5.10 Å². The van der Waals surface area contributed by atoms with E-state index >= 15 is 0 Å². The molecular weight excluding hydrogens is 398 g/mol. The minimum Gasteiger partial charge on any atom is -0.336 e. The molecule has 10 nitrogen and oxygen atoms in total. The summed E-state index contributed by atoms with van der Waals surface area (Å²) >= 11 is 0. The lowest BCUT2D eigenvalue weighted by atomic mass is 10.1. The van der Waals surface area contributed by atoms with Crippen LogP contribution < -0.4 is 5.32 Å². The molecule has 1 amide bonds. The van der Waals surface area contributed by atoms with E-state index in [9.17, 15) is 14.9 Å². The average molecular weight is 418 g/mol. The molecule has 3 heterocycles. The number of rotatable bonds is 4. The van der Waals surface area contributed by atoms with Gasteiger partial charge in [0.25, 0.3) is 11.6 Å². The van der Waals surface area contributed by atoms with Crippen LogP contribution in [0.2, 0.25) is 0 Å². The van der Waals surface area contributed by atoms with E-state index in [2.05, 4.69) is 15.4 Å². The van der Waals surface area contributed by atoms with E-state index in [1.165, 1.54) is 23.0 Å². The molecule has 1 unspecified atom stereocenters. The molecule has 1 aliphatic rings. The van der Waals surface area contributed by atoms with E-state index in [1.807, 2.05) is 17.8 Å². The second-order valence-electron chi connectivity index (χ2n) is 6.56. The van der Waals surface area contributed by atoms with Gasteiger partial charge >= 0.3 is 0 Å². The number of hydrogen-bond acceptors (Lipinski definition) is 6. The number of halogens is 1. The zero-order chi connectivity index (χ0) is 19.7. The van der Waals surface area contributed by atoms with Crippen molar-refractivity contribution in [3.05, 3.63) is 70.6 Å². The van der Waals surface area contributed by atoms with E-state index < -0.39 is 4.92 Å². The molecule has 1 aliphatic heterocycles. The van der Waals surface area contributed by atoms with Gasteiger partial charge in [-0.05, 0) is 12.1 Å². The molecule has 1 N–H and O–H groups in total. The van der Waals surface area contributed by atoms with Crippen LogP contribution in [0.5, 0.6) is 0 Å². The molecule has 2 aromatic heterocycles. The molecule has 0 bridgehead atoms. The molecule has 11 heteroatoms. The first kappa shape index (κ1) is 20.5. The zero-order valence-electron chi connectivity index (χ0n) is 15.6. The molecule has 1 aromatic carbocycles. The Balaban J connectivity index is 0.00000240. The number of nitrogens with one attached hydrogen (secondary N) is 1. The molecule has 4 rings (SSSR count). The van der Waals surface area contributed by atoms with Crippen molar-refractivity contribution in [1.29, 1.82) is 0 Å². The van der Waals surface area contributed by atoms with Gasteiger partial charge < -0.3 is 14.8 Å². The standard InChI is InChI=1S/C18H19N7O3.ClH/c1-22-8-7-20-17(22)16-11-19-6-9-23(16)18(26)13-10-21-24(12-13)14-2-4-15(5-3-14)25(27)28;/h2-5,7-8,10,12,16,19H,6,9,11H2,1H3;1H. The predicted molar refractivity (Wildman–Crippen MR) is 107 cm³/mol. The maximum atomic E-state index is 13.1. The summed E-state index contributed by atoms with van der Waals surface area (Å²) in [4.78, 5) is 29.7. The summed E-state index contributed by atoms with van der Waals surface area (Å²) in [5, 5.41) is 18.3. The van der Waals surface area contributed by atoms with E-state index in [0.29, 0.717) is 30.9 Å². The van der Waals surface area contributed by atoms with Crippen LogP contribution in [0.1, 0.15) is 22.2 Å². The van der Waals surface area contributed by atoms with E-state index in [4.69, 9.17) is 0 Å². The summed E-state index contributed by atoms with van der Waals surface area (Å²) in [7, 11) is 1.91. The molecule has 29 heavy (non-hydrogen) atoms. The minimum atomic E-state index is -0.454. The second-order valence-corrected chi connectivity index (χ2v) is 6.56. The van der Waals surface area contributed by atoms with Crippen LogP contribution in [-0.2, 0) is 7.05 Å². The van der Waals surface area contributed by atoms with Crippen molar-refractivity contribution in [3.8, 4) is 5.69 Å². The van der Waals surface area contributed by atoms with Gasteiger partial charge in [-0.3, -0.25) is 14.9 Å². The fourth-order valence-electron chi connectivity index (χ4n) is 3.34. The Morgan fingerprint density at radius 1 is 1.31 bits per heavy atom. The maximum absolute atomic E-state index is 13.1. The van der Waals surface area contributed by atoms with Gasteiger partial charge in [-0.25, -0.2) is 9.67 Å².